The minimum Gasteiger partial charge on any atom is -0.419 e. The summed E-state index contributed by atoms with van der Waals surface area (Å²) in [7, 11) is -3.89. The zero-order chi connectivity index (χ0) is 22.0. The molecule has 0 spiro atoms. The molecule has 5 nitrogen and oxygen atoms in total. The van der Waals surface area contributed by atoms with Crippen molar-refractivity contribution in [3.63, 3.8) is 0 Å². The van der Waals surface area contributed by atoms with Gasteiger partial charge in [-0.15, -0.1) is 0 Å². The van der Waals surface area contributed by atoms with E-state index in [1.807, 2.05) is 31.2 Å². The summed E-state index contributed by atoms with van der Waals surface area (Å²) in [5.41, 5.74) is 2.56. The number of rotatable bonds is 6. The molecule has 8 heteroatoms. The number of anilines is 1. The first-order valence-corrected chi connectivity index (χ1v) is 12.1. The molecule has 3 aromatic carbocycles. The summed E-state index contributed by atoms with van der Waals surface area (Å²) in [6.45, 7) is 2.25. The second-order valence-corrected chi connectivity index (χ2v) is 10.2. The van der Waals surface area contributed by atoms with Crippen molar-refractivity contribution in [2.75, 3.05) is 5.32 Å². The molecule has 0 bridgehead atoms. The summed E-state index contributed by atoms with van der Waals surface area (Å²) >= 11 is 9.34. The first-order chi connectivity index (χ1) is 14.8. The van der Waals surface area contributed by atoms with Crippen LogP contribution in [0.2, 0.25) is 5.02 Å². The maximum Gasteiger partial charge on any atom is 0.234 e. The maximum absolute atomic E-state index is 13.3. The fourth-order valence-electron chi connectivity index (χ4n) is 2.93. The second kappa shape index (κ2) is 8.86. The van der Waals surface area contributed by atoms with Crippen molar-refractivity contribution in [1.29, 1.82) is 0 Å². The van der Waals surface area contributed by atoms with Gasteiger partial charge in [-0.05, 0) is 61.0 Å². The number of aromatic nitrogens is 1. The Morgan fingerprint density at radius 2 is 1.61 bits per heavy atom. The van der Waals surface area contributed by atoms with Crippen LogP contribution < -0.4 is 5.32 Å². The van der Waals surface area contributed by atoms with Crippen molar-refractivity contribution >= 4 is 43.3 Å². The van der Waals surface area contributed by atoms with Crippen molar-refractivity contribution in [1.82, 2.24) is 4.98 Å². The predicted molar refractivity (Wildman–Crippen MR) is 125 cm³/mol. The Kier molecular flexibility index (Phi) is 6.18. The molecular formula is C23H18BrClN2O3S. The molecule has 1 heterocycles. The number of nitrogens with zero attached hydrogens (tertiary/aromatic N) is 1. The molecule has 0 saturated heterocycles. The summed E-state index contributed by atoms with van der Waals surface area (Å²) in [6, 6.07) is 21.2. The van der Waals surface area contributed by atoms with Gasteiger partial charge in [0.05, 0.1) is 4.90 Å². The van der Waals surface area contributed by atoms with Crippen LogP contribution in [0, 0.1) is 6.92 Å². The van der Waals surface area contributed by atoms with Gasteiger partial charge in [-0.2, -0.15) is 4.98 Å². The summed E-state index contributed by atoms with van der Waals surface area (Å²) in [6.07, 6.45) is 0. The normalized spacial score (nSPS) is 11.5. The Labute approximate surface area is 194 Å². The topological polar surface area (TPSA) is 72.2 Å². The van der Waals surface area contributed by atoms with Gasteiger partial charge in [-0.1, -0.05) is 57.4 Å². The lowest BCUT2D eigenvalue weighted by molar-refractivity contribution is 0.576. The Hall–Kier alpha value is -2.61. The Balaban J connectivity index is 1.74. The highest BCUT2D eigenvalue weighted by Crippen LogP contribution is 2.33. The minimum atomic E-state index is -3.89. The zero-order valence-corrected chi connectivity index (χ0v) is 19.6. The number of hydrogen-bond acceptors (Lipinski definition) is 5. The van der Waals surface area contributed by atoms with Gasteiger partial charge in [-0.25, -0.2) is 8.42 Å². The van der Waals surface area contributed by atoms with Gasteiger partial charge in [0, 0.05) is 21.6 Å². The molecule has 0 radical (unpaired) electrons. The molecule has 0 amide bonds. The van der Waals surface area contributed by atoms with E-state index in [0.717, 1.165) is 15.6 Å². The van der Waals surface area contributed by atoms with Crippen LogP contribution in [-0.4, -0.2) is 13.4 Å². The van der Waals surface area contributed by atoms with Crippen LogP contribution in [0.1, 0.15) is 11.1 Å². The molecule has 158 valence electrons. The molecule has 1 N–H and O–H groups in total. The van der Waals surface area contributed by atoms with E-state index in [0.29, 0.717) is 17.1 Å². The minimum absolute atomic E-state index is 0.0912. The number of sulfone groups is 1. The van der Waals surface area contributed by atoms with Gasteiger partial charge < -0.3 is 9.73 Å². The SMILES string of the molecule is Cc1ccc(S(=O)(=O)c2nc(-c3ccc(Br)cc3)oc2NCc2ccc(Cl)cc2)cc1. The van der Waals surface area contributed by atoms with Gasteiger partial charge in [0.15, 0.2) is 0 Å². The lowest BCUT2D eigenvalue weighted by atomic mass is 10.2. The highest BCUT2D eigenvalue weighted by molar-refractivity contribution is 9.10. The van der Waals surface area contributed by atoms with Crippen LogP contribution in [0.3, 0.4) is 0 Å². The van der Waals surface area contributed by atoms with Gasteiger partial charge >= 0.3 is 0 Å². The highest BCUT2D eigenvalue weighted by Gasteiger charge is 2.28. The average Bonchev–Trinajstić information content (AvgIpc) is 3.19. The van der Waals surface area contributed by atoms with E-state index in [4.69, 9.17) is 16.0 Å². The fraction of sp³-hybridized carbons (Fsp3) is 0.0870. The molecule has 0 aliphatic rings. The highest BCUT2D eigenvalue weighted by atomic mass is 79.9. The number of hydrogen-bond donors (Lipinski definition) is 1. The molecule has 0 aliphatic carbocycles. The first kappa shape index (κ1) is 21.6. The zero-order valence-electron chi connectivity index (χ0n) is 16.5. The fourth-order valence-corrected chi connectivity index (χ4v) is 4.60. The van der Waals surface area contributed by atoms with E-state index >= 15 is 0 Å². The van der Waals surface area contributed by atoms with Crippen molar-refractivity contribution in [3.05, 3.63) is 93.4 Å². The van der Waals surface area contributed by atoms with E-state index in [1.165, 1.54) is 0 Å². The van der Waals surface area contributed by atoms with E-state index in [2.05, 4.69) is 26.2 Å². The third kappa shape index (κ3) is 4.84. The van der Waals surface area contributed by atoms with E-state index < -0.39 is 9.84 Å². The second-order valence-electron chi connectivity index (χ2n) is 6.96. The largest absolute Gasteiger partial charge is 0.419 e. The van der Waals surface area contributed by atoms with Crippen molar-refractivity contribution in [3.8, 4) is 11.5 Å². The molecule has 1 aromatic heterocycles. The van der Waals surface area contributed by atoms with Gasteiger partial charge in [0.1, 0.15) is 0 Å². The van der Waals surface area contributed by atoms with Crippen LogP contribution in [0.4, 0.5) is 5.88 Å². The summed E-state index contributed by atoms with van der Waals surface area (Å²) < 4.78 is 33.4. The average molecular weight is 518 g/mol. The Morgan fingerprint density at radius 3 is 2.26 bits per heavy atom. The van der Waals surface area contributed by atoms with Crippen LogP contribution in [0.5, 0.6) is 0 Å². The van der Waals surface area contributed by atoms with Gasteiger partial charge in [0.2, 0.25) is 26.6 Å². The quantitative estimate of drug-likeness (QED) is 0.316. The van der Waals surface area contributed by atoms with Crippen LogP contribution in [-0.2, 0) is 16.4 Å². The third-order valence-electron chi connectivity index (χ3n) is 4.64. The standard InChI is InChI=1S/C23H18BrClN2O3S/c1-15-2-12-20(13-3-15)31(28,29)23-22(26-14-16-4-10-19(25)11-5-16)30-21(27-23)17-6-8-18(24)9-7-17/h2-13,26H,14H2,1H3. The maximum atomic E-state index is 13.3. The van der Waals surface area contributed by atoms with Crippen LogP contribution >= 0.6 is 27.5 Å². The van der Waals surface area contributed by atoms with Gasteiger partial charge in [-0.3, -0.25) is 0 Å². The summed E-state index contributed by atoms with van der Waals surface area (Å²) in [5.74, 6) is 0.310. The molecule has 4 rings (SSSR count). The molecule has 0 unspecified atom stereocenters. The number of oxazole rings is 1. The Bertz CT molecular complexity index is 1300. The van der Waals surface area contributed by atoms with Crippen molar-refractivity contribution < 1.29 is 12.8 Å². The van der Waals surface area contributed by atoms with E-state index in [9.17, 15) is 8.42 Å². The predicted octanol–water partition coefficient (Wildman–Crippen LogP) is 6.51. The molecular weight excluding hydrogens is 500 g/mol. The lowest BCUT2D eigenvalue weighted by Crippen LogP contribution is -2.07. The smallest absolute Gasteiger partial charge is 0.234 e. The molecule has 0 saturated carbocycles. The first-order valence-electron chi connectivity index (χ1n) is 9.40. The van der Waals surface area contributed by atoms with E-state index in [-0.39, 0.29) is 21.7 Å². The lowest BCUT2D eigenvalue weighted by Gasteiger charge is -2.07. The molecule has 0 aliphatic heterocycles. The monoisotopic (exact) mass is 516 g/mol. The number of halogens is 2. The molecule has 0 atom stereocenters. The van der Waals surface area contributed by atoms with Crippen LogP contribution in [0.15, 0.2) is 91.6 Å². The third-order valence-corrected chi connectivity index (χ3v) is 7.10. The number of aryl methyl sites for hydroxylation is 1. The van der Waals surface area contributed by atoms with Crippen molar-refractivity contribution in [2.24, 2.45) is 0 Å². The molecule has 4 aromatic rings. The molecule has 31 heavy (non-hydrogen) atoms. The van der Waals surface area contributed by atoms with Crippen LogP contribution in [0.25, 0.3) is 11.5 Å². The number of nitrogens with one attached hydrogen (secondary N) is 1. The summed E-state index contributed by atoms with van der Waals surface area (Å²) in [5, 5.41) is 3.56. The summed E-state index contributed by atoms with van der Waals surface area (Å²) in [4.78, 5) is 4.51. The van der Waals surface area contributed by atoms with Crippen molar-refractivity contribution in [2.45, 2.75) is 23.4 Å². The Morgan fingerprint density at radius 1 is 0.968 bits per heavy atom. The number of benzene rings is 3. The van der Waals surface area contributed by atoms with E-state index in [1.54, 1.807) is 48.5 Å². The molecule has 0 fully saturated rings. The van der Waals surface area contributed by atoms with Gasteiger partial charge in [0.25, 0.3) is 0 Å².